The second-order valence-electron chi connectivity index (χ2n) is 6.95. The Morgan fingerprint density at radius 2 is 2.19 bits per heavy atom. The maximum atomic E-state index is 14.0. The van der Waals surface area contributed by atoms with Crippen molar-refractivity contribution >= 4 is 33.3 Å². The van der Waals surface area contributed by atoms with Crippen LogP contribution in [0.3, 0.4) is 0 Å². The van der Waals surface area contributed by atoms with Crippen LogP contribution in [0.1, 0.15) is 42.4 Å². The first-order valence-corrected chi connectivity index (χ1v) is 9.88. The van der Waals surface area contributed by atoms with Crippen LogP contribution in [-0.4, -0.2) is 25.7 Å². The van der Waals surface area contributed by atoms with Gasteiger partial charge in [0.25, 0.3) is 0 Å². The molecule has 7 heteroatoms. The Kier molecular flexibility index (Phi) is 3.87. The van der Waals surface area contributed by atoms with Gasteiger partial charge in [0.15, 0.2) is 0 Å². The summed E-state index contributed by atoms with van der Waals surface area (Å²) in [4.78, 5) is 13.7. The van der Waals surface area contributed by atoms with Crippen molar-refractivity contribution in [3.63, 3.8) is 0 Å². The highest BCUT2D eigenvalue weighted by atomic mass is 32.1. The number of benzene rings is 1. The Morgan fingerprint density at radius 3 is 2.93 bits per heavy atom. The number of pyridine rings is 1. The third-order valence-electron chi connectivity index (χ3n) is 5.25. The molecule has 3 heterocycles. The highest BCUT2D eigenvalue weighted by molar-refractivity contribution is 7.07. The van der Waals surface area contributed by atoms with Gasteiger partial charge in [-0.05, 0) is 37.5 Å². The molecule has 1 fully saturated rings. The van der Waals surface area contributed by atoms with Gasteiger partial charge in [0, 0.05) is 23.2 Å². The fourth-order valence-corrected chi connectivity index (χ4v) is 4.60. The van der Waals surface area contributed by atoms with E-state index < -0.39 is 6.17 Å². The Labute approximate surface area is 159 Å². The SMILES string of the molecule is N#Cc1ccc2ncc3nc(Cc4cscn4)n(C4CCC(F)C4)c3c2c1. The van der Waals surface area contributed by atoms with Crippen molar-refractivity contribution < 1.29 is 4.39 Å². The predicted molar refractivity (Wildman–Crippen MR) is 102 cm³/mol. The number of alkyl halides is 1. The molecular weight excluding hydrogens is 361 g/mol. The van der Waals surface area contributed by atoms with Crippen molar-refractivity contribution in [2.24, 2.45) is 0 Å². The molecule has 1 saturated carbocycles. The second kappa shape index (κ2) is 6.39. The Morgan fingerprint density at radius 1 is 1.26 bits per heavy atom. The molecule has 27 heavy (non-hydrogen) atoms. The van der Waals surface area contributed by atoms with Crippen LogP contribution < -0.4 is 0 Å². The molecule has 5 nitrogen and oxygen atoms in total. The van der Waals surface area contributed by atoms with Crippen molar-refractivity contribution in [1.82, 2.24) is 19.5 Å². The van der Waals surface area contributed by atoms with Gasteiger partial charge in [0.2, 0.25) is 0 Å². The van der Waals surface area contributed by atoms with Crippen LogP contribution in [0.2, 0.25) is 0 Å². The molecule has 1 aliphatic rings. The first-order chi connectivity index (χ1) is 13.2. The molecule has 0 N–H and O–H groups in total. The number of imidazole rings is 1. The van der Waals surface area contributed by atoms with E-state index in [1.54, 1.807) is 23.6 Å². The molecule has 4 aromatic rings. The Bertz CT molecular complexity index is 1170. The number of hydrogen-bond acceptors (Lipinski definition) is 5. The average molecular weight is 377 g/mol. The summed E-state index contributed by atoms with van der Waals surface area (Å²) in [6.45, 7) is 0. The maximum absolute atomic E-state index is 14.0. The lowest BCUT2D eigenvalue weighted by Crippen LogP contribution is -2.11. The molecule has 0 saturated heterocycles. The number of nitriles is 1. The van der Waals surface area contributed by atoms with E-state index in [0.29, 0.717) is 24.8 Å². The lowest BCUT2D eigenvalue weighted by molar-refractivity contribution is 0.330. The van der Waals surface area contributed by atoms with Crippen LogP contribution >= 0.6 is 11.3 Å². The number of hydrogen-bond donors (Lipinski definition) is 0. The van der Waals surface area contributed by atoms with Gasteiger partial charge in [-0.15, -0.1) is 11.3 Å². The summed E-state index contributed by atoms with van der Waals surface area (Å²) in [5.74, 6) is 0.881. The van der Waals surface area contributed by atoms with E-state index >= 15 is 0 Å². The topological polar surface area (TPSA) is 67.4 Å². The molecule has 0 aliphatic heterocycles. The number of fused-ring (bicyclic) bond motifs is 3. The van der Waals surface area contributed by atoms with E-state index in [-0.39, 0.29) is 6.04 Å². The fourth-order valence-electron chi connectivity index (χ4n) is 4.04. The normalized spacial score (nSPS) is 19.7. The quantitative estimate of drug-likeness (QED) is 0.525. The lowest BCUT2D eigenvalue weighted by Gasteiger charge is -2.17. The molecule has 0 spiro atoms. The monoisotopic (exact) mass is 377 g/mol. The summed E-state index contributed by atoms with van der Waals surface area (Å²) >= 11 is 1.56. The first kappa shape index (κ1) is 16.3. The van der Waals surface area contributed by atoms with Crippen molar-refractivity contribution in [2.75, 3.05) is 0 Å². The summed E-state index contributed by atoms with van der Waals surface area (Å²) in [6, 6.07) is 7.75. The highest BCUT2D eigenvalue weighted by Crippen LogP contribution is 2.37. The van der Waals surface area contributed by atoms with Crippen molar-refractivity contribution in [3.05, 3.63) is 52.4 Å². The molecule has 3 aromatic heterocycles. The van der Waals surface area contributed by atoms with E-state index in [2.05, 4.69) is 20.6 Å². The van der Waals surface area contributed by atoms with Crippen LogP contribution in [0.4, 0.5) is 4.39 Å². The number of thiazole rings is 1. The van der Waals surface area contributed by atoms with E-state index in [0.717, 1.165) is 39.9 Å². The van der Waals surface area contributed by atoms with Gasteiger partial charge in [-0.25, -0.2) is 14.4 Å². The minimum Gasteiger partial charge on any atom is -0.324 e. The predicted octanol–water partition coefficient (Wildman–Crippen LogP) is 4.57. The maximum Gasteiger partial charge on any atom is 0.116 e. The molecule has 2 unspecified atom stereocenters. The molecular formula is C20H16FN5S. The van der Waals surface area contributed by atoms with Gasteiger partial charge < -0.3 is 4.57 Å². The van der Waals surface area contributed by atoms with E-state index in [1.165, 1.54) is 0 Å². The van der Waals surface area contributed by atoms with Crippen LogP contribution in [0.5, 0.6) is 0 Å². The molecule has 1 aliphatic carbocycles. The van der Waals surface area contributed by atoms with Crippen LogP contribution in [-0.2, 0) is 6.42 Å². The minimum atomic E-state index is -0.776. The fraction of sp³-hybridized carbons (Fsp3) is 0.300. The summed E-state index contributed by atoms with van der Waals surface area (Å²) in [5.41, 5.74) is 5.90. The van der Waals surface area contributed by atoms with E-state index in [4.69, 9.17) is 4.98 Å². The lowest BCUT2D eigenvalue weighted by atomic mass is 10.1. The zero-order chi connectivity index (χ0) is 18.4. The smallest absolute Gasteiger partial charge is 0.116 e. The average Bonchev–Trinajstić information content (AvgIpc) is 3.41. The largest absolute Gasteiger partial charge is 0.324 e. The Balaban J connectivity index is 1.78. The first-order valence-electron chi connectivity index (χ1n) is 8.93. The van der Waals surface area contributed by atoms with Crippen molar-refractivity contribution in [2.45, 2.75) is 37.9 Å². The van der Waals surface area contributed by atoms with E-state index in [9.17, 15) is 9.65 Å². The van der Waals surface area contributed by atoms with Crippen LogP contribution in [0, 0.1) is 11.3 Å². The molecule has 5 rings (SSSR count). The third kappa shape index (κ3) is 2.77. The number of rotatable bonds is 3. The zero-order valence-electron chi connectivity index (χ0n) is 14.5. The second-order valence-corrected chi connectivity index (χ2v) is 7.67. The van der Waals surface area contributed by atoms with E-state index in [1.807, 2.05) is 23.0 Å². The number of halogens is 1. The van der Waals surface area contributed by atoms with Crippen molar-refractivity contribution in [1.29, 1.82) is 5.26 Å². The molecule has 0 radical (unpaired) electrons. The van der Waals surface area contributed by atoms with Crippen LogP contribution in [0.15, 0.2) is 35.3 Å². The van der Waals surface area contributed by atoms with Gasteiger partial charge in [0.05, 0.1) is 40.1 Å². The minimum absolute atomic E-state index is 0.0648. The van der Waals surface area contributed by atoms with Gasteiger partial charge in [-0.1, -0.05) is 0 Å². The Hall–Kier alpha value is -2.85. The summed E-state index contributed by atoms with van der Waals surface area (Å²) < 4.78 is 16.2. The summed E-state index contributed by atoms with van der Waals surface area (Å²) in [5, 5.41) is 12.2. The number of aromatic nitrogens is 4. The molecule has 134 valence electrons. The van der Waals surface area contributed by atoms with Gasteiger partial charge in [-0.3, -0.25) is 4.98 Å². The molecule has 2 atom stereocenters. The van der Waals surface area contributed by atoms with Crippen LogP contribution in [0.25, 0.3) is 21.9 Å². The zero-order valence-corrected chi connectivity index (χ0v) is 15.3. The number of nitrogens with zero attached hydrogens (tertiary/aromatic N) is 5. The molecule has 0 bridgehead atoms. The molecule has 1 aromatic carbocycles. The summed E-state index contributed by atoms with van der Waals surface area (Å²) in [6.07, 6.45) is 3.46. The van der Waals surface area contributed by atoms with Crippen molar-refractivity contribution in [3.8, 4) is 6.07 Å². The van der Waals surface area contributed by atoms with Gasteiger partial charge >= 0.3 is 0 Å². The standard InChI is InChI=1S/C20H16FN5S/c21-13-2-3-15(6-13)26-19(7-14-10-27-11-24-14)25-18-9-23-17-4-1-12(8-22)5-16(17)20(18)26/h1,4-5,9-11,13,15H,2-3,6-7H2. The highest BCUT2D eigenvalue weighted by Gasteiger charge is 2.29. The molecule has 0 amide bonds. The third-order valence-corrected chi connectivity index (χ3v) is 5.88. The van der Waals surface area contributed by atoms with Gasteiger partial charge in [-0.2, -0.15) is 5.26 Å². The summed E-state index contributed by atoms with van der Waals surface area (Å²) in [7, 11) is 0. The van der Waals surface area contributed by atoms with Gasteiger partial charge in [0.1, 0.15) is 17.5 Å².